The fourth-order valence-corrected chi connectivity index (χ4v) is 1.78. The van der Waals surface area contributed by atoms with E-state index in [0.717, 1.165) is 12.8 Å². The van der Waals surface area contributed by atoms with E-state index in [1.807, 2.05) is 0 Å². The lowest BCUT2D eigenvalue weighted by Crippen LogP contribution is -2.30. The van der Waals surface area contributed by atoms with Gasteiger partial charge in [0.25, 0.3) is 0 Å². The molecule has 3 heteroatoms. The largest absolute Gasteiger partial charge is 0.346 e. The summed E-state index contributed by atoms with van der Waals surface area (Å²) in [6, 6.07) is 0.229. The van der Waals surface area contributed by atoms with Gasteiger partial charge in [0.1, 0.15) is 0 Å². The van der Waals surface area contributed by atoms with Gasteiger partial charge in [-0.05, 0) is 45.1 Å². The van der Waals surface area contributed by atoms with Gasteiger partial charge in [0.15, 0.2) is 0 Å². The molecule has 0 aromatic carbocycles. The normalized spacial score (nSPS) is 22.6. The smallest absolute Gasteiger partial charge is 0.243 e. The topological polar surface area (TPSA) is 29.1 Å². The van der Waals surface area contributed by atoms with E-state index in [4.69, 9.17) is 0 Å². The number of rotatable bonds is 2. The van der Waals surface area contributed by atoms with Gasteiger partial charge >= 0.3 is 0 Å². The van der Waals surface area contributed by atoms with Gasteiger partial charge in [0.05, 0.1) is 0 Å². The molecule has 0 aromatic rings. The number of carbonyl (C=O) groups excluding carboxylic acids is 1. The minimum Gasteiger partial charge on any atom is -0.346 e. The molecule has 1 rings (SSSR count). The highest BCUT2D eigenvalue weighted by atomic mass is 127. The summed E-state index contributed by atoms with van der Waals surface area (Å²) in [5.74, 6) is -0.0858. The first kappa shape index (κ1) is 8.77. The third-order valence-corrected chi connectivity index (χ3v) is 2.49. The Balaban J connectivity index is 2.40. The van der Waals surface area contributed by atoms with Crippen LogP contribution in [0.15, 0.2) is 22.3 Å². The number of amides is 1. The van der Waals surface area contributed by atoms with E-state index < -0.39 is 0 Å². The van der Waals surface area contributed by atoms with Gasteiger partial charge in [-0.15, -0.1) is 0 Å². The summed E-state index contributed by atoms with van der Waals surface area (Å²) in [6.07, 6.45) is 5.50. The Morgan fingerprint density at radius 1 is 1.91 bits per heavy atom. The van der Waals surface area contributed by atoms with Crippen LogP contribution in [0.25, 0.3) is 0 Å². The van der Waals surface area contributed by atoms with Crippen molar-refractivity contribution in [2.24, 2.45) is 0 Å². The number of carbonyl (C=O) groups is 1. The fraction of sp³-hybridized carbons (Fsp3) is 0.375. The van der Waals surface area contributed by atoms with E-state index in [0.29, 0.717) is 0 Å². The maximum absolute atomic E-state index is 10.8. The summed E-state index contributed by atoms with van der Waals surface area (Å²) in [5, 5.41) is 2.82. The molecule has 1 unspecified atom stereocenters. The molecule has 1 atom stereocenters. The first-order chi connectivity index (χ1) is 5.22. The molecular weight excluding hydrogens is 253 g/mol. The lowest BCUT2D eigenvalue weighted by molar-refractivity contribution is -0.116. The maximum Gasteiger partial charge on any atom is 0.243 e. The number of allylic oxidation sites excluding steroid dienone is 1. The van der Waals surface area contributed by atoms with Crippen LogP contribution >= 0.6 is 22.6 Å². The molecule has 0 saturated carbocycles. The van der Waals surface area contributed by atoms with E-state index in [-0.39, 0.29) is 11.9 Å². The van der Waals surface area contributed by atoms with E-state index in [1.54, 1.807) is 0 Å². The summed E-state index contributed by atoms with van der Waals surface area (Å²) >= 11 is 2.29. The van der Waals surface area contributed by atoms with Crippen molar-refractivity contribution in [1.29, 1.82) is 0 Å². The quantitative estimate of drug-likeness (QED) is 0.597. The molecule has 1 amide bonds. The number of nitrogens with one attached hydrogen (secondary N) is 1. The molecule has 0 aliphatic heterocycles. The molecule has 0 fully saturated rings. The van der Waals surface area contributed by atoms with Crippen molar-refractivity contribution >= 4 is 28.5 Å². The van der Waals surface area contributed by atoms with Crippen LogP contribution < -0.4 is 5.32 Å². The van der Waals surface area contributed by atoms with Crippen molar-refractivity contribution in [3.63, 3.8) is 0 Å². The average Bonchev–Trinajstić information content (AvgIpc) is 2.35. The SMILES string of the molecule is C=CC(=O)NC1C=C(I)CC1. The molecule has 0 radical (unpaired) electrons. The molecule has 1 aliphatic rings. The van der Waals surface area contributed by atoms with Gasteiger partial charge in [0, 0.05) is 6.04 Å². The Labute approximate surface area is 79.9 Å². The Morgan fingerprint density at radius 3 is 3.09 bits per heavy atom. The van der Waals surface area contributed by atoms with E-state index in [1.165, 1.54) is 9.66 Å². The second kappa shape index (κ2) is 3.90. The summed E-state index contributed by atoms with van der Waals surface area (Å²) in [5.41, 5.74) is 0. The molecular formula is C8H10INO. The van der Waals surface area contributed by atoms with E-state index in [9.17, 15) is 4.79 Å². The predicted octanol–water partition coefficient (Wildman–Crippen LogP) is 1.77. The third kappa shape index (κ3) is 2.65. The highest BCUT2D eigenvalue weighted by molar-refractivity contribution is 14.1. The second-order valence-corrected chi connectivity index (χ2v) is 3.86. The van der Waals surface area contributed by atoms with Gasteiger partial charge in [-0.1, -0.05) is 12.7 Å². The molecule has 0 saturated heterocycles. The highest BCUT2D eigenvalue weighted by Crippen LogP contribution is 2.23. The van der Waals surface area contributed by atoms with E-state index in [2.05, 4.69) is 40.6 Å². The van der Waals surface area contributed by atoms with Crippen LogP contribution in [-0.2, 0) is 4.79 Å². The van der Waals surface area contributed by atoms with Crippen molar-refractivity contribution in [3.05, 3.63) is 22.3 Å². The Bertz CT molecular complexity index is 210. The number of hydrogen-bond acceptors (Lipinski definition) is 1. The number of hydrogen-bond donors (Lipinski definition) is 1. The van der Waals surface area contributed by atoms with Crippen LogP contribution in [0.3, 0.4) is 0 Å². The van der Waals surface area contributed by atoms with Crippen LogP contribution in [0.2, 0.25) is 0 Å². The van der Waals surface area contributed by atoms with E-state index >= 15 is 0 Å². The molecule has 2 nitrogen and oxygen atoms in total. The van der Waals surface area contributed by atoms with Gasteiger partial charge in [-0.2, -0.15) is 0 Å². The first-order valence-electron chi connectivity index (χ1n) is 3.51. The lowest BCUT2D eigenvalue weighted by atomic mass is 10.2. The standard InChI is InChI=1S/C8H10INO/c1-2-8(11)10-7-4-3-6(9)5-7/h2,5,7H,1,3-4H2,(H,10,11). The van der Waals surface area contributed by atoms with Crippen LogP contribution in [0.1, 0.15) is 12.8 Å². The van der Waals surface area contributed by atoms with Gasteiger partial charge in [0.2, 0.25) is 5.91 Å². The Morgan fingerprint density at radius 2 is 2.64 bits per heavy atom. The van der Waals surface area contributed by atoms with Gasteiger partial charge in [-0.3, -0.25) is 4.79 Å². The summed E-state index contributed by atoms with van der Waals surface area (Å²) in [6.45, 7) is 3.39. The Kier molecular flexibility index (Phi) is 3.11. The molecule has 1 aliphatic carbocycles. The van der Waals surface area contributed by atoms with Gasteiger partial charge < -0.3 is 5.32 Å². The molecule has 0 spiro atoms. The molecule has 60 valence electrons. The average molecular weight is 263 g/mol. The monoisotopic (exact) mass is 263 g/mol. The zero-order valence-electron chi connectivity index (χ0n) is 6.14. The second-order valence-electron chi connectivity index (χ2n) is 2.47. The molecule has 0 bridgehead atoms. The minimum atomic E-state index is -0.0858. The minimum absolute atomic E-state index is 0.0858. The maximum atomic E-state index is 10.8. The molecule has 1 N–H and O–H groups in total. The molecule has 0 aromatic heterocycles. The van der Waals surface area contributed by atoms with Crippen LogP contribution in [-0.4, -0.2) is 11.9 Å². The molecule has 11 heavy (non-hydrogen) atoms. The van der Waals surface area contributed by atoms with Crippen molar-refractivity contribution < 1.29 is 4.79 Å². The third-order valence-electron chi connectivity index (χ3n) is 1.59. The van der Waals surface area contributed by atoms with Crippen molar-refractivity contribution in [3.8, 4) is 0 Å². The van der Waals surface area contributed by atoms with Gasteiger partial charge in [-0.25, -0.2) is 0 Å². The zero-order chi connectivity index (χ0) is 8.27. The fourth-order valence-electron chi connectivity index (χ4n) is 1.03. The zero-order valence-corrected chi connectivity index (χ0v) is 8.30. The van der Waals surface area contributed by atoms with Crippen molar-refractivity contribution in [2.75, 3.05) is 0 Å². The number of halogens is 1. The first-order valence-corrected chi connectivity index (χ1v) is 4.59. The summed E-state index contributed by atoms with van der Waals surface area (Å²) in [4.78, 5) is 10.8. The van der Waals surface area contributed by atoms with Crippen molar-refractivity contribution in [2.45, 2.75) is 18.9 Å². The summed E-state index contributed by atoms with van der Waals surface area (Å²) in [7, 11) is 0. The lowest BCUT2D eigenvalue weighted by Gasteiger charge is -2.06. The Hall–Kier alpha value is -0.320. The van der Waals surface area contributed by atoms with Crippen LogP contribution in [0.4, 0.5) is 0 Å². The highest BCUT2D eigenvalue weighted by Gasteiger charge is 2.14. The van der Waals surface area contributed by atoms with Crippen LogP contribution in [0.5, 0.6) is 0 Å². The van der Waals surface area contributed by atoms with Crippen LogP contribution in [0, 0.1) is 0 Å². The van der Waals surface area contributed by atoms with Crippen molar-refractivity contribution in [1.82, 2.24) is 5.32 Å². The molecule has 0 heterocycles. The summed E-state index contributed by atoms with van der Waals surface area (Å²) < 4.78 is 1.33. The predicted molar refractivity (Wildman–Crippen MR) is 53.5 cm³/mol.